The van der Waals surface area contributed by atoms with Crippen molar-refractivity contribution in [1.29, 1.82) is 0 Å². The minimum absolute atomic E-state index is 0.204. The van der Waals surface area contributed by atoms with E-state index in [0.29, 0.717) is 22.8 Å². The number of ether oxygens (including phenoxy) is 2. The lowest BCUT2D eigenvalue weighted by Gasteiger charge is -2.08. The van der Waals surface area contributed by atoms with Gasteiger partial charge >= 0.3 is 0 Å². The molecule has 0 unspecified atom stereocenters. The fraction of sp³-hybridized carbons (Fsp3) is 0.0526. The van der Waals surface area contributed by atoms with E-state index in [1.165, 1.54) is 6.20 Å². The molecule has 7 nitrogen and oxygen atoms in total. The molecule has 7 heteroatoms. The van der Waals surface area contributed by atoms with E-state index in [1.54, 1.807) is 0 Å². The van der Waals surface area contributed by atoms with Crippen molar-refractivity contribution in [3.05, 3.63) is 60.4 Å². The van der Waals surface area contributed by atoms with Gasteiger partial charge in [0.15, 0.2) is 11.5 Å². The molecule has 2 aromatic carbocycles. The van der Waals surface area contributed by atoms with E-state index >= 15 is 0 Å². The molecule has 0 fully saturated rings. The first kappa shape index (κ1) is 14.6. The van der Waals surface area contributed by atoms with Crippen LogP contribution >= 0.6 is 0 Å². The molecule has 1 amide bonds. The van der Waals surface area contributed by atoms with Crippen LogP contribution in [0.3, 0.4) is 0 Å². The first-order chi connectivity index (χ1) is 12.8. The Balaban J connectivity index is 1.49. The number of carbonyl (C=O) groups is 1. The van der Waals surface area contributed by atoms with Gasteiger partial charge in [0.05, 0.1) is 23.1 Å². The standard InChI is InChI=1S/C19H14N4O3/c24-19(22-15-3-1-2-14-12(15)6-7-20-14)13-9-21-23-18(13)11-4-5-16-17(8-11)26-10-25-16/h1-9,20H,10H2,(H,21,23)(H,22,24). The first-order valence-electron chi connectivity index (χ1n) is 8.10. The molecule has 0 spiro atoms. The molecule has 1 aliphatic rings. The van der Waals surface area contributed by atoms with Gasteiger partial charge in [0.2, 0.25) is 6.79 Å². The summed E-state index contributed by atoms with van der Waals surface area (Å²) in [6.07, 6.45) is 3.36. The second-order valence-electron chi connectivity index (χ2n) is 5.93. The molecule has 0 saturated heterocycles. The van der Waals surface area contributed by atoms with Crippen LogP contribution in [0.25, 0.3) is 22.2 Å². The molecule has 26 heavy (non-hydrogen) atoms. The van der Waals surface area contributed by atoms with Crippen LogP contribution in [0.4, 0.5) is 5.69 Å². The monoisotopic (exact) mass is 346 g/mol. The lowest BCUT2D eigenvalue weighted by Crippen LogP contribution is -2.12. The van der Waals surface area contributed by atoms with Gasteiger partial charge in [-0.2, -0.15) is 5.10 Å². The number of benzene rings is 2. The van der Waals surface area contributed by atoms with Crippen molar-refractivity contribution in [3.8, 4) is 22.8 Å². The van der Waals surface area contributed by atoms with Crippen molar-refractivity contribution >= 4 is 22.5 Å². The fourth-order valence-corrected chi connectivity index (χ4v) is 3.11. The quantitative estimate of drug-likeness (QED) is 0.529. The molecule has 0 bridgehead atoms. The molecule has 0 aliphatic carbocycles. The lowest BCUT2D eigenvalue weighted by atomic mass is 10.1. The fourth-order valence-electron chi connectivity index (χ4n) is 3.11. The number of H-pyrrole nitrogens is 2. The molecule has 5 rings (SSSR count). The van der Waals surface area contributed by atoms with Gasteiger partial charge in [-0.3, -0.25) is 9.89 Å². The zero-order valence-electron chi connectivity index (χ0n) is 13.6. The first-order valence-corrected chi connectivity index (χ1v) is 8.10. The maximum Gasteiger partial charge on any atom is 0.259 e. The summed E-state index contributed by atoms with van der Waals surface area (Å²) < 4.78 is 10.7. The van der Waals surface area contributed by atoms with Crippen LogP contribution in [0.2, 0.25) is 0 Å². The van der Waals surface area contributed by atoms with Gasteiger partial charge in [0.25, 0.3) is 5.91 Å². The summed E-state index contributed by atoms with van der Waals surface area (Å²) in [6, 6.07) is 13.2. The van der Waals surface area contributed by atoms with E-state index in [9.17, 15) is 4.79 Å². The number of hydrogen-bond donors (Lipinski definition) is 3. The van der Waals surface area contributed by atoms with Crippen molar-refractivity contribution in [2.24, 2.45) is 0 Å². The number of aromatic nitrogens is 3. The average molecular weight is 346 g/mol. The molecule has 2 aromatic heterocycles. The van der Waals surface area contributed by atoms with Crippen LogP contribution in [0.1, 0.15) is 10.4 Å². The Labute approximate surface area is 147 Å². The smallest absolute Gasteiger partial charge is 0.259 e. The predicted octanol–water partition coefficient (Wildman–Crippen LogP) is 3.54. The number of hydrogen-bond acceptors (Lipinski definition) is 4. The van der Waals surface area contributed by atoms with E-state index in [4.69, 9.17) is 9.47 Å². The third-order valence-corrected chi connectivity index (χ3v) is 4.39. The van der Waals surface area contributed by atoms with E-state index in [0.717, 1.165) is 22.2 Å². The van der Waals surface area contributed by atoms with Gasteiger partial charge in [-0.25, -0.2) is 0 Å². The van der Waals surface area contributed by atoms with Crippen molar-refractivity contribution in [3.63, 3.8) is 0 Å². The Morgan fingerprint density at radius 3 is 3.00 bits per heavy atom. The predicted molar refractivity (Wildman–Crippen MR) is 96.4 cm³/mol. The minimum Gasteiger partial charge on any atom is -0.454 e. The highest BCUT2D eigenvalue weighted by Crippen LogP contribution is 2.36. The number of nitrogens with one attached hydrogen (secondary N) is 3. The van der Waals surface area contributed by atoms with E-state index in [1.807, 2.05) is 48.7 Å². The van der Waals surface area contributed by atoms with Crippen molar-refractivity contribution in [2.75, 3.05) is 12.1 Å². The van der Waals surface area contributed by atoms with Crippen molar-refractivity contribution in [2.45, 2.75) is 0 Å². The Morgan fingerprint density at radius 1 is 1.12 bits per heavy atom. The molecule has 0 saturated carbocycles. The number of anilines is 1. The SMILES string of the molecule is O=C(Nc1cccc2[nH]ccc12)c1cn[nH]c1-c1ccc2c(c1)OCO2. The van der Waals surface area contributed by atoms with Gasteiger partial charge in [-0.1, -0.05) is 6.07 Å². The highest BCUT2D eigenvalue weighted by atomic mass is 16.7. The summed E-state index contributed by atoms with van der Waals surface area (Å²) in [4.78, 5) is 16.0. The Kier molecular flexibility index (Phi) is 3.18. The van der Waals surface area contributed by atoms with Crippen LogP contribution in [0.5, 0.6) is 11.5 Å². The molecule has 0 radical (unpaired) electrons. The zero-order chi connectivity index (χ0) is 17.5. The Hall–Kier alpha value is -3.74. The van der Waals surface area contributed by atoms with Crippen molar-refractivity contribution in [1.82, 2.24) is 15.2 Å². The second-order valence-corrected chi connectivity index (χ2v) is 5.93. The van der Waals surface area contributed by atoms with Crippen LogP contribution in [-0.4, -0.2) is 27.9 Å². The summed E-state index contributed by atoms with van der Waals surface area (Å²) in [6.45, 7) is 0.204. The number of nitrogens with zero attached hydrogens (tertiary/aromatic N) is 1. The third-order valence-electron chi connectivity index (χ3n) is 4.39. The summed E-state index contributed by atoms with van der Waals surface area (Å²) in [5, 5.41) is 10.9. The molecule has 3 N–H and O–H groups in total. The largest absolute Gasteiger partial charge is 0.454 e. The van der Waals surface area contributed by atoms with E-state index in [2.05, 4.69) is 20.5 Å². The van der Waals surface area contributed by atoms with E-state index in [-0.39, 0.29) is 12.7 Å². The molecule has 0 atom stereocenters. The van der Waals surface area contributed by atoms with Gasteiger partial charge in [-0.15, -0.1) is 0 Å². The summed E-state index contributed by atoms with van der Waals surface area (Å²) in [7, 11) is 0. The molecule has 3 heterocycles. The lowest BCUT2D eigenvalue weighted by molar-refractivity contribution is 0.102. The Morgan fingerprint density at radius 2 is 2.04 bits per heavy atom. The number of carbonyl (C=O) groups excluding carboxylic acids is 1. The van der Waals surface area contributed by atoms with E-state index < -0.39 is 0 Å². The second kappa shape index (κ2) is 5.66. The van der Waals surface area contributed by atoms with Crippen molar-refractivity contribution < 1.29 is 14.3 Å². The van der Waals surface area contributed by atoms with Crippen LogP contribution in [-0.2, 0) is 0 Å². The third kappa shape index (κ3) is 2.29. The highest BCUT2D eigenvalue weighted by Gasteiger charge is 2.19. The molecular weight excluding hydrogens is 332 g/mol. The van der Waals surface area contributed by atoms with Crippen LogP contribution in [0, 0.1) is 0 Å². The van der Waals surface area contributed by atoms with Gasteiger partial charge in [-0.05, 0) is 36.4 Å². The van der Waals surface area contributed by atoms with Gasteiger partial charge in [0, 0.05) is 22.7 Å². The number of aromatic amines is 2. The normalized spacial score (nSPS) is 12.5. The van der Waals surface area contributed by atoms with Gasteiger partial charge < -0.3 is 19.8 Å². The topological polar surface area (TPSA) is 92.0 Å². The zero-order valence-corrected chi connectivity index (χ0v) is 13.6. The highest BCUT2D eigenvalue weighted by molar-refractivity contribution is 6.11. The van der Waals surface area contributed by atoms with Gasteiger partial charge in [0.1, 0.15) is 0 Å². The maximum absolute atomic E-state index is 12.8. The summed E-state index contributed by atoms with van der Waals surface area (Å²) in [5.74, 6) is 1.11. The molecule has 128 valence electrons. The van der Waals surface area contributed by atoms with Crippen LogP contribution < -0.4 is 14.8 Å². The maximum atomic E-state index is 12.8. The molecule has 1 aliphatic heterocycles. The van der Waals surface area contributed by atoms with Crippen LogP contribution in [0.15, 0.2) is 54.9 Å². The number of rotatable bonds is 3. The molecular formula is C19H14N4O3. The Bertz CT molecular complexity index is 1130. The number of fused-ring (bicyclic) bond motifs is 2. The number of amides is 1. The minimum atomic E-state index is -0.236. The average Bonchev–Trinajstić information content (AvgIpc) is 3.40. The summed E-state index contributed by atoms with van der Waals surface area (Å²) >= 11 is 0. The molecule has 4 aromatic rings. The summed E-state index contributed by atoms with van der Waals surface area (Å²) in [5.41, 5.74) is 3.59.